The number of piperidine rings is 1. The lowest BCUT2D eigenvalue weighted by molar-refractivity contribution is -0.142. The Morgan fingerprint density at radius 2 is 2.33 bits per heavy atom. The van der Waals surface area contributed by atoms with Crippen LogP contribution in [0.25, 0.3) is 0 Å². The van der Waals surface area contributed by atoms with Crippen molar-refractivity contribution in [2.45, 2.75) is 31.8 Å². The van der Waals surface area contributed by atoms with E-state index in [1.165, 1.54) is 4.90 Å². The van der Waals surface area contributed by atoms with Crippen LogP contribution in [0.1, 0.15) is 25.0 Å². The number of hydrogen-bond acceptors (Lipinski definition) is 3. The summed E-state index contributed by atoms with van der Waals surface area (Å²) in [4.78, 5) is 29.2. The van der Waals surface area contributed by atoms with Crippen molar-refractivity contribution in [1.82, 2.24) is 19.8 Å². The monoisotopic (exact) mass is 250 g/mol. The molecule has 1 fully saturated rings. The lowest BCUT2D eigenvalue weighted by Crippen LogP contribution is -2.49. The second kappa shape index (κ2) is 5.20. The molecule has 1 aromatic rings. The van der Waals surface area contributed by atoms with Crippen LogP contribution in [0.3, 0.4) is 0 Å². The van der Waals surface area contributed by atoms with Crippen molar-refractivity contribution in [2.24, 2.45) is 7.05 Å². The molecule has 1 aliphatic heterocycles. The summed E-state index contributed by atoms with van der Waals surface area (Å²) in [5.74, 6) is -0.0598. The fourth-order valence-corrected chi connectivity index (χ4v) is 2.15. The van der Waals surface area contributed by atoms with E-state index in [0.29, 0.717) is 13.0 Å². The zero-order chi connectivity index (χ0) is 13.1. The quantitative estimate of drug-likeness (QED) is 0.824. The molecule has 1 atom stereocenters. The fraction of sp³-hybridized carbons (Fsp3) is 0.583. The summed E-state index contributed by atoms with van der Waals surface area (Å²) in [6.07, 6.45) is 5.61. The van der Waals surface area contributed by atoms with Crippen LogP contribution >= 0.6 is 0 Å². The van der Waals surface area contributed by atoms with Crippen LogP contribution in [0, 0.1) is 0 Å². The first-order chi connectivity index (χ1) is 8.58. The van der Waals surface area contributed by atoms with Gasteiger partial charge < -0.3 is 14.8 Å². The maximum absolute atomic E-state index is 12.0. The molecule has 98 valence electrons. The van der Waals surface area contributed by atoms with Crippen LogP contribution in [0.5, 0.6) is 0 Å². The highest BCUT2D eigenvalue weighted by molar-refractivity contribution is 5.88. The molecule has 0 radical (unpaired) electrons. The van der Waals surface area contributed by atoms with Gasteiger partial charge in [-0.15, -0.1) is 0 Å². The third kappa shape index (κ3) is 2.69. The third-order valence-corrected chi connectivity index (χ3v) is 3.23. The zero-order valence-electron chi connectivity index (χ0n) is 10.7. The molecule has 1 saturated heterocycles. The Morgan fingerprint density at radius 1 is 1.56 bits per heavy atom. The first-order valence-corrected chi connectivity index (χ1v) is 6.08. The summed E-state index contributed by atoms with van der Waals surface area (Å²) in [5.41, 5.74) is 0.815. The number of likely N-dealkylation sites (tertiary alicyclic amines) is 1. The number of nitrogens with one attached hydrogen (secondary N) is 1. The van der Waals surface area contributed by atoms with Gasteiger partial charge in [-0.05, 0) is 12.8 Å². The van der Waals surface area contributed by atoms with Crippen LogP contribution in [0.2, 0.25) is 0 Å². The first-order valence-electron chi connectivity index (χ1n) is 6.08. The van der Waals surface area contributed by atoms with E-state index in [4.69, 9.17) is 0 Å². The number of aromatic nitrogens is 2. The summed E-state index contributed by atoms with van der Waals surface area (Å²) in [6, 6.07) is -0.338. The smallest absolute Gasteiger partial charge is 0.243 e. The van der Waals surface area contributed by atoms with E-state index >= 15 is 0 Å². The average Bonchev–Trinajstić information content (AvgIpc) is 2.76. The number of hydrogen-bond donors (Lipinski definition) is 1. The zero-order valence-corrected chi connectivity index (χ0v) is 10.7. The normalized spacial score (nSPS) is 20.0. The highest BCUT2D eigenvalue weighted by Crippen LogP contribution is 2.16. The van der Waals surface area contributed by atoms with Crippen LogP contribution in [0.4, 0.5) is 0 Å². The number of likely N-dealkylation sites (N-methyl/N-ethyl adjacent to an activating group) is 1. The third-order valence-electron chi connectivity index (χ3n) is 3.23. The molecule has 1 unspecified atom stereocenters. The minimum absolute atomic E-state index is 0.0410. The van der Waals surface area contributed by atoms with Gasteiger partial charge in [0.1, 0.15) is 6.04 Å². The van der Waals surface area contributed by atoms with Crippen LogP contribution in [-0.2, 0) is 23.2 Å². The van der Waals surface area contributed by atoms with Crippen molar-refractivity contribution in [3.8, 4) is 0 Å². The number of carbonyl (C=O) groups is 2. The number of carbonyl (C=O) groups excluding carboxylic acids is 2. The molecule has 0 saturated carbocycles. The minimum Gasteiger partial charge on any atom is -0.349 e. The standard InChI is InChI=1S/C12H18N4O2/c1-15-7-9(14-8-15)6-13-12(18)10-4-3-5-11(17)16(10)2/h7-8,10H,3-6H2,1-2H3,(H,13,18). The number of imidazole rings is 1. The van der Waals surface area contributed by atoms with E-state index in [-0.39, 0.29) is 17.9 Å². The molecule has 2 heterocycles. The van der Waals surface area contributed by atoms with Crippen molar-refractivity contribution in [3.63, 3.8) is 0 Å². The minimum atomic E-state index is -0.338. The molecule has 0 spiro atoms. The predicted octanol–water partition coefficient (Wildman–Crippen LogP) is 0.0472. The Labute approximate surface area is 106 Å². The molecule has 1 N–H and O–H groups in total. The molecule has 0 aromatic carbocycles. The summed E-state index contributed by atoms with van der Waals surface area (Å²) in [5, 5.41) is 2.82. The molecule has 0 aliphatic carbocycles. The molecule has 0 bridgehead atoms. The number of nitrogens with zero attached hydrogens (tertiary/aromatic N) is 3. The lowest BCUT2D eigenvalue weighted by Gasteiger charge is -2.31. The number of amides is 2. The molecule has 2 amide bonds. The molecular weight excluding hydrogens is 232 g/mol. The second-order valence-electron chi connectivity index (χ2n) is 4.66. The van der Waals surface area contributed by atoms with Gasteiger partial charge in [-0.25, -0.2) is 4.98 Å². The van der Waals surface area contributed by atoms with Gasteiger partial charge in [-0.2, -0.15) is 0 Å². The number of aryl methyl sites for hydroxylation is 1. The summed E-state index contributed by atoms with van der Waals surface area (Å²) < 4.78 is 1.83. The molecule has 18 heavy (non-hydrogen) atoms. The van der Waals surface area contributed by atoms with Gasteiger partial charge in [0.15, 0.2) is 0 Å². The van der Waals surface area contributed by atoms with Crippen molar-refractivity contribution in [1.29, 1.82) is 0 Å². The molecule has 6 heteroatoms. The van der Waals surface area contributed by atoms with E-state index in [0.717, 1.165) is 18.5 Å². The van der Waals surface area contributed by atoms with Crippen LogP contribution in [-0.4, -0.2) is 39.4 Å². The van der Waals surface area contributed by atoms with Crippen molar-refractivity contribution < 1.29 is 9.59 Å². The van der Waals surface area contributed by atoms with Gasteiger partial charge in [0, 0.05) is 26.7 Å². The van der Waals surface area contributed by atoms with E-state index in [9.17, 15) is 9.59 Å². The van der Waals surface area contributed by atoms with Crippen molar-refractivity contribution >= 4 is 11.8 Å². The molecule has 2 rings (SSSR count). The summed E-state index contributed by atoms with van der Waals surface area (Å²) >= 11 is 0. The van der Waals surface area contributed by atoms with E-state index in [2.05, 4.69) is 10.3 Å². The topological polar surface area (TPSA) is 67.2 Å². The lowest BCUT2D eigenvalue weighted by atomic mass is 10.0. The second-order valence-corrected chi connectivity index (χ2v) is 4.66. The fourth-order valence-electron chi connectivity index (χ4n) is 2.15. The molecule has 1 aliphatic rings. The van der Waals surface area contributed by atoms with Crippen molar-refractivity contribution in [3.05, 3.63) is 18.2 Å². The van der Waals surface area contributed by atoms with Gasteiger partial charge in [0.05, 0.1) is 18.6 Å². The SMILES string of the molecule is CN1C(=O)CCCC1C(=O)NCc1cn(C)cn1. The molecule has 1 aromatic heterocycles. The average molecular weight is 250 g/mol. The van der Waals surface area contributed by atoms with Gasteiger partial charge in [0.2, 0.25) is 11.8 Å². The first kappa shape index (κ1) is 12.6. The van der Waals surface area contributed by atoms with Gasteiger partial charge >= 0.3 is 0 Å². The maximum Gasteiger partial charge on any atom is 0.243 e. The Hall–Kier alpha value is -1.85. The maximum atomic E-state index is 12.0. The highest BCUT2D eigenvalue weighted by atomic mass is 16.2. The molecular formula is C12H18N4O2. The van der Waals surface area contributed by atoms with E-state index in [1.807, 2.05) is 17.8 Å². The summed E-state index contributed by atoms with van der Waals surface area (Å²) in [7, 11) is 3.57. The van der Waals surface area contributed by atoms with Crippen LogP contribution in [0.15, 0.2) is 12.5 Å². The largest absolute Gasteiger partial charge is 0.349 e. The van der Waals surface area contributed by atoms with Gasteiger partial charge in [-0.3, -0.25) is 9.59 Å². The van der Waals surface area contributed by atoms with Crippen molar-refractivity contribution in [2.75, 3.05) is 7.05 Å². The Bertz CT molecular complexity index is 455. The molecule has 6 nitrogen and oxygen atoms in total. The Morgan fingerprint density at radius 3 is 3.00 bits per heavy atom. The Balaban J connectivity index is 1.89. The summed E-state index contributed by atoms with van der Waals surface area (Å²) in [6.45, 7) is 0.401. The Kier molecular flexibility index (Phi) is 3.64. The van der Waals surface area contributed by atoms with E-state index in [1.54, 1.807) is 13.4 Å². The van der Waals surface area contributed by atoms with Gasteiger partial charge in [-0.1, -0.05) is 0 Å². The van der Waals surface area contributed by atoms with E-state index < -0.39 is 0 Å². The number of rotatable bonds is 3. The van der Waals surface area contributed by atoms with Crippen LogP contribution < -0.4 is 5.32 Å². The van der Waals surface area contributed by atoms with Gasteiger partial charge in [0.25, 0.3) is 0 Å². The predicted molar refractivity (Wildman–Crippen MR) is 65.5 cm³/mol. The highest BCUT2D eigenvalue weighted by Gasteiger charge is 2.30.